The molecule has 0 saturated carbocycles. The molecule has 2 aromatic carbocycles. The molecule has 0 radical (unpaired) electrons. The van der Waals surface area contributed by atoms with Crippen LogP contribution < -0.4 is 21.3 Å². The highest BCUT2D eigenvalue weighted by Crippen LogP contribution is 2.33. The summed E-state index contributed by atoms with van der Waals surface area (Å²) in [4.78, 5) is 68.1. The third-order valence-corrected chi connectivity index (χ3v) is 12.7. The van der Waals surface area contributed by atoms with E-state index in [9.17, 15) is 9.59 Å². The van der Waals surface area contributed by atoms with Crippen molar-refractivity contribution in [1.82, 2.24) is 59.4 Å². The van der Waals surface area contributed by atoms with E-state index in [1.807, 2.05) is 45.1 Å². The minimum Gasteiger partial charge on any atom is -0.424 e. The van der Waals surface area contributed by atoms with Crippen LogP contribution in [0.3, 0.4) is 0 Å². The van der Waals surface area contributed by atoms with Crippen molar-refractivity contribution < 1.29 is 18.7 Å². The van der Waals surface area contributed by atoms with Gasteiger partial charge >= 0.3 is 0 Å². The van der Waals surface area contributed by atoms with Gasteiger partial charge in [0.15, 0.2) is 11.2 Å². The number of benzene rings is 2. The molecule has 10 rings (SSSR count). The third-order valence-electron chi connectivity index (χ3n) is 12.7. The second kappa shape index (κ2) is 18.6. The van der Waals surface area contributed by atoms with Gasteiger partial charge in [-0.3, -0.25) is 14.5 Å². The first kappa shape index (κ1) is 42.6. The van der Waals surface area contributed by atoms with Crippen LogP contribution in [0.2, 0.25) is 0 Å². The van der Waals surface area contributed by atoms with Gasteiger partial charge in [0, 0.05) is 102 Å². The summed E-state index contributed by atoms with van der Waals surface area (Å²) in [6.07, 6.45) is 10.5. The Kier molecular flexibility index (Phi) is 12.0. The molecule has 20 nitrogen and oxygen atoms in total. The maximum atomic E-state index is 13.7. The van der Waals surface area contributed by atoms with Crippen molar-refractivity contribution in [3.05, 3.63) is 95.3 Å². The van der Waals surface area contributed by atoms with Gasteiger partial charge < -0.3 is 40.2 Å². The van der Waals surface area contributed by atoms with E-state index in [1.165, 1.54) is 11.9 Å². The standard InChI is InChI=1S/C46H52N16O4/c1-2-30-23-49-45(50-24-30)60-16-14-58(15-17-60)38(63)8-19-65-20-18-57-10-12-59(13-11-57)46-51-25-35(26-52-46)43(64)61-9-7-32-21-31(3-4-34(32)28-61)27-62-42-39(41(47)53-29-54-42)40(56-62)33-5-6-37-36(22-33)55-44(48)66-37/h3-6,21-26,29H,2,7-20,27-28H2,1H3,(H2,48,55)(H2,47,53,54). The minimum absolute atomic E-state index is 0.0896. The summed E-state index contributed by atoms with van der Waals surface area (Å²) in [7, 11) is 0. The largest absolute Gasteiger partial charge is 0.424 e. The van der Waals surface area contributed by atoms with Gasteiger partial charge in [0.25, 0.3) is 11.9 Å². The molecule has 8 heterocycles. The van der Waals surface area contributed by atoms with Gasteiger partial charge in [0.2, 0.25) is 17.8 Å². The Labute approximate surface area is 380 Å². The summed E-state index contributed by atoms with van der Waals surface area (Å²) in [6.45, 7) is 11.4. The number of fused-ring (bicyclic) bond motifs is 3. The smallest absolute Gasteiger partial charge is 0.292 e. The summed E-state index contributed by atoms with van der Waals surface area (Å²) in [5.74, 6) is 1.71. The zero-order valence-corrected chi connectivity index (χ0v) is 36.9. The molecule has 3 aliphatic rings. The lowest BCUT2D eigenvalue weighted by molar-refractivity contribution is -0.132. The molecule has 3 aliphatic heterocycles. The van der Waals surface area contributed by atoms with Crippen LogP contribution in [0.1, 0.15) is 46.0 Å². The molecule has 0 unspecified atom stereocenters. The number of carbonyl (C=O) groups excluding carboxylic acids is 2. The predicted octanol–water partition coefficient (Wildman–Crippen LogP) is 3.07. The van der Waals surface area contributed by atoms with Gasteiger partial charge in [-0.15, -0.1) is 0 Å². The van der Waals surface area contributed by atoms with Crippen LogP contribution in [0.4, 0.5) is 23.7 Å². The van der Waals surface area contributed by atoms with Crippen LogP contribution in [-0.2, 0) is 35.5 Å². The van der Waals surface area contributed by atoms with Crippen LogP contribution in [0.25, 0.3) is 33.4 Å². The molecule has 0 aliphatic carbocycles. The molecule has 66 heavy (non-hydrogen) atoms. The van der Waals surface area contributed by atoms with Crippen molar-refractivity contribution in [3.8, 4) is 11.3 Å². The summed E-state index contributed by atoms with van der Waals surface area (Å²) in [5.41, 5.74) is 20.3. The highest BCUT2D eigenvalue weighted by molar-refractivity contribution is 5.99. The molecule has 5 aromatic heterocycles. The van der Waals surface area contributed by atoms with Crippen molar-refractivity contribution in [2.75, 3.05) is 99.9 Å². The van der Waals surface area contributed by atoms with Crippen LogP contribution in [0, 0.1) is 0 Å². The van der Waals surface area contributed by atoms with Crippen molar-refractivity contribution in [2.45, 2.75) is 39.3 Å². The zero-order valence-electron chi connectivity index (χ0n) is 36.9. The first-order chi connectivity index (χ1) is 32.3. The van der Waals surface area contributed by atoms with Gasteiger partial charge in [-0.25, -0.2) is 34.6 Å². The molecule has 0 atom stereocenters. The van der Waals surface area contributed by atoms with E-state index < -0.39 is 0 Å². The van der Waals surface area contributed by atoms with E-state index in [4.69, 9.17) is 25.7 Å². The molecule has 4 N–H and O–H groups in total. The molecule has 2 saturated heterocycles. The summed E-state index contributed by atoms with van der Waals surface area (Å²) in [6, 6.07) is 12.0. The molecule has 340 valence electrons. The number of aryl methyl sites for hydroxylation is 1. The average Bonchev–Trinajstić information content (AvgIpc) is 3.93. The van der Waals surface area contributed by atoms with Gasteiger partial charge in [-0.2, -0.15) is 10.1 Å². The molecular weight excluding hydrogens is 841 g/mol. The number of rotatable bonds is 13. The van der Waals surface area contributed by atoms with Crippen LogP contribution in [0.5, 0.6) is 0 Å². The lowest BCUT2D eigenvalue weighted by Gasteiger charge is -2.35. The van der Waals surface area contributed by atoms with Gasteiger partial charge in [-0.05, 0) is 53.3 Å². The van der Waals surface area contributed by atoms with E-state index in [0.717, 1.165) is 80.4 Å². The van der Waals surface area contributed by atoms with Crippen LogP contribution >= 0.6 is 0 Å². The number of carbonyl (C=O) groups is 2. The Balaban J connectivity index is 0.667. The summed E-state index contributed by atoms with van der Waals surface area (Å²) < 4.78 is 13.2. The van der Waals surface area contributed by atoms with Crippen molar-refractivity contribution in [3.63, 3.8) is 0 Å². The third kappa shape index (κ3) is 9.01. The fourth-order valence-corrected chi connectivity index (χ4v) is 8.90. The fourth-order valence-electron chi connectivity index (χ4n) is 8.90. The van der Waals surface area contributed by atoms with Crippen LogP contribution in [-0.4, -0.2) is 150 Å². The predicted molar refractivity (Wildman–Crippen MR) is 247 cm³/mol. The fraction of sp³-hybridized carbons (Fsp3) is 0.391. The van der Waals surface area contributed by atoms with Gasteiger partial charge in [0.05, 0.1) is 37.1 Å². The van der Waals surface area contributed by atoms with Crippen molar-refractivity contribution in [1.29, 1.82) is 0 Å². The highest BCUT2D eigenvalue weighted by atomic mass is 16.5. The molecule has 2 amide bonds. The van der Waals surface area contributed by atoms with Crippen LogP contribution in [0.15, 0.2) is 71.9 Å². The Hall–Kier alpha value is -7.32. The lowest BCUT2D eigenvalue weighted by atomic mass is 9.97. The zero-order chi connectivity index (χ0) is 45.1. The SMILES string of the molecule is CCc1cnc(N2CCN(C(=O)CCOCCN3CCN(c4ncc(C(=O)N5CCc6cc(Cn7nc(-c8ccc9oc(N)nc9c8)c8c(N)ncnc87)ccc6C5)cn4)CC3)CC2)nc1. The number of nitrogens with zero attached hydrogens (tertiary/aromatic N) is 14. The highest BCUT2D eigenvalue weighted by Gasteiger charge is 2.26. The quantitative estimate of drug-likeness (QED) is 0.158. The molecule has 2 fully saturated rings. The van der Waals surface area contributed by atoms with E-state index in [0.29, 0.717) is 104 Å². The minimum atomic E-state index is -0.0896. The molecule has 0 bridgehead atoms. The number of nitrogen functional groups attached to an aromatic ring is 2. The molecule has 0 spiro atoms. The number of oxazole rings is 1. The molecule has 7 aromatic rings. The second-order valence-electron chi connectivity index (χ2n) is 16.9. The van der Waals surface area contributed by atoms with E-state index in [-0.39, 0.29) is 17.8 Å². The Morgan fingerprint density at radius 2 is 1.50 bits per heavy atom. The normalized spacial score (nSPS) is 15.8. The van der Waals surface area contributed by atoms with E-state index in [2.05, 4.69) is 74.7 Å². The van der Waals surface area contributed by atoms with E-state index >= 15 is 0 Å². The Morgan fingerprint density at radius 3 is 2.26 bits per heavy atom. The van der Waals surface area contributed by atoms with E-state index in [1.54, 1.807) is 12.4 Å². The Bertz CT molecular complexity index is 2850. The first-order valence-corrected chi connectivity index (χ1v) is 22.5. The second-order valence-corrected chi connectivity index (χ2v) is 16.9. The average molecular weight is 893 g/mol. The number of nitrogens with two attached hydrogens (primary N) is 2. The number of hydrogen-bond acceptors (Lipinski definition) is 17. The Morgan fingerprint density at radius 1 is 0.758 bits per heavy atom. The number of piperazine rings is 2. The van der Waals surface area contributed by atoms with Crippen molar-refractivity contribution >= 4 is 57.7 Å². The molecular formula is C46H52N16O4. The maximum absolute atomic E-state index is 13.7. The summed E-state index contributed by atoms with van der Waals surface area (Å²) >= 11 is 0. The van der Waals surface area contributed by atoms with Gasteiger partial charge in [0.1, 0.15) is 23.4 Å². The lowest BCUT2D eigenvalue weighted by Crippen LogP contribution is -2.49. The summed E-state index contributed by atoms with van der Waals surface area (Å²) in [5, 5.41) is 5.61. The molecule has 20 heteroatoms. The van der Waals surface area contributed by atoms with Gasteiger partial charge in [-0.1, -0.05) is 25.1 Å². The number of aromatic nitrogens is 9. The number of ether oxygens (including phenoxy) is 1. The maximum Gasteiger partial charge on any atom is 0.292 e. The van der Waals surface area contributed by atoms with Crippen molar-refractivity contribution in [2.24, 2.45) is 0 Å². The monoisotopic (exact) mass is 892 g/mol. The number of hydrogen-bond donors (Lipinski definition) is 2. The number of anilines is 4. The first-order valence-electron chi connectivity index (χ1n) is 22.5. The number of amides is 2. The topological polar surface area (TPSA) is 233 Å².